The molecule has 0 saturated heterocycles. The zero-order valence-electron chi connectivity index (χ0n) is 2.06. The molecule has 0 amide bonds. The third kappa shape index (κ3) is 44.4. The van der Waals surface area contributed by atoms with Crippen LogP contribution in [0.15, 0.2) is 0 Å². The fraction of sp³-hybridized carbons (Fsp3) is 0. The van der Waals surface area contributed by atoms with Gasteiger partial charge < -0.3 is 0 Å². The Labute approximate surface area is 56.1 Å². The quantitative estimate of drug-likeness (QED) is 0.504. The van der Waals surface area contributed by atoms with Gasteiger partial charge >= 0.3 is 9.29 Å². The molecule has 0 rings (SSSR count). The van der Waals surface area contributed by atoms with Gasteiger partial charge in [0.15, 0.2) is 0 Å². The number of rotatable bonds is 0. The molecule has 0 N–H and O–H groups in total. The summed E-state index contributed by atoms with van der Waals surface area (Å²) >= 11 is 0. The maximum atomic E-state index is 8.40. The Morgan fingerprint density at radius 1 is 1.20 bits per heavy atom. The predicted molar refractivity (Wildman–Crippen MR) is 7.13 cm³/mol. The standard InChI is InChI=1S/Co.Mo.O2Si/c;;1-3-2. The molecule has 5 heteroatoms. The first-order valence-corrected chi connectivity index (χ1v) is 1.22. The summed E-state index contributed by atoms with van der Waals surface area (Å²) in [7, 11) is -1.42. The zero-order valence-corrected chi connectivity index (χ0v) is 6.11. The van der Waals surface area contributed by atoms with Gasteiger partial charge in [-0.2, -0.15) is 0 Å². The topological polar surface area (TPSA) is 34.1 Å². The maximum Gasteiger partial charge on any atom is 0.549 e. The second kappa shape index (κ2) is 19.9. The van der Waals surface area contributed by atoms with E-state index in [2.05, 4.69) is 0 Å². The Morgan fingerprint density at radius 2 is 1.20 bits per heavy atom. The first kappa shape index (κ1) is 16.6. The average Bonchev–Trinajstić information content (AvgIpc) is 0.918. The van der Waals surface area contributed by atoms with Crippen molar-refractivity contribution in [3.63, 3.8) is 0 Å². The van der Waals surface area contributed by atoms with Gasteiger partial charge in [-0.3, -0.25) is 8.92 Å². The molecule has 1 radical (unpaired) electrons. The summed E-state index contributed by atoms with van der Waals surface area (Å²) in [4.78, 5) is 0. The van der Waals surface area contributed by atoms with Crippen molar-refractivity contribution in [1.29, 1.82) is 0 Å². The molecule has 0 spiro atoms. The molecule has 0 aliphatic rings. The molecule has 0 bridgehead atoms. The second-order valence-electron chi connectivity index (χ2n) is 0.0833. The van der Waals surface area contributed by atoms with Crippen molar-refractivity contribution < 1.29 is 46.8 Å². The van der Waals surface area contributed by atoms with E-state index in [0.29, 0.717) is 0 Å². The van der Waals surface area contributed by atoms with Crippen molar-refractivity contribution in [2.75, 3.05) is 0 Å². The van der Waals surface area contributed by atoms with Crippen LogP contribution in [0, 0.1) is 0 Å². The first-order valence-electron chi connectivity index (χ1n) is 0.408. The number of hydrogen-bond acceptors (Lipinski definition) is 2. The van der Waals surface area contributed by atoms with Gasteiger partial charge in [-0.05, 0) is 0 Å². The van der Waals surface area contributed by atoms with Gasteiger partial charge in [-0.15, -0.1) is 0 Å². The Morgan fingerprint density at radius 3 is 1.20 bits per heavy atom. The fourth-order valence-corrected chi connectivity index (χ4v) is 0. The van der Waals surface area contributed by atoms with Gasteiger partial charge in [0.1, 0.15) is 0 Å². The summed E-state index contributed by atoms with van der Waals surface area (Å²) in [5, 5.41) is 0. The van der Waals surface area contributed by atoms with Crippen LogP contribution in [0.5, 0.6) is 0 Å². The van der Waals surface area contributed by atoms with Crippen LogP contribution >= 0.6 is 0 Å². The minimum Gasteiger partial charge on any atom is -0.274 e. The molecule has 5 heavy (non-hydrogen) atoms. The van der Waals surface area contributed by atoms with Crippen molar-refractivity contribution in [2.45, 2.75) is 0 Å². The molecule has 31 valence electrons. The van der Waals surface area contributed by atoms with Gasteiger partial charge in [-0.25, -0.2) is 0 Å². The summed E-state index contributed by atoms with van der Waals surface area (Å²) < 4.78 is 16.8. The Bertz CT molecular complexity index is 30.6. The van der Waals surface area contributed by atoms with E-state index in [1.807, 2.05) is 0 Å². The van der Waals surface area contributed by atoms with Crippen molar-refractivity contribution in [2.24, 2.45) is 0 Å². The molecule has 0 aliphatic heterocycles. The second-order valence-corrected chi connectivity index (χ2v) is 0.250. The Balaban J connectivity index is -0.0000000200. The third-order valence-electron chi connectivity index (χ3n) is 0. The molecule has 0 fully saturated rings. The van der Waals surface area contributed by atoms with Crippen LogP contribution in [0.1, 0.15) is 0 Å². The van der Waals surface area contributed by atoms with E-state index in [4.69, 9.17) is 8.92 Å². The van der Waals surface area contributed by atoms with E-state index < -0.39 is 9.29 Å². The molecular weight excluding hydrogens is 215 g/mol. The van der Waals surface area contributed by atoms with Gasteiger partial charge in [0.05, 0.1) is 0 Å². The Kier molecular flexibility index (Phi) is 66.4. The van der Waals surface area contributed by atoms with Crippen LogP contribution < -0.4 is 0 Å². The van der Waals surface area contributed by atoms with E-state index in [-0.39, 0.29) is 37.8 Å². The minimum atomic E-state index is -1.42. The molecule has 0 saturated carbocycles. The largest absolute Gasteiger partial charge is 0.549 e. The summed E-state index contributed by atoms with van der Waals surface area (Å²) in [6.07, 6.45) is 0. The maximum absolute atomic E-state index is 8.40. The SMILES string of the molecule is O=[Si]=O.[Co].[Mo]. The summed E-state index contributed by atoms with van der Waals surface area (Å²) in [6.45, 7) is 0. The number of hydrogen-bond donors (Lipinski definition) is 0. The molecule has 0 aromatic heterocycles. The first-order chi connectivity index (χ1) is 1.41. The van der Waals surface area contributed by atoms with E-state index in [9.17, 15) is 0 Å². The van der Waals surface area contributed by atoms with Crippen LogP contribution in [0.2, 0.25) is 0 Å². The molecule has 0 aromatic rings. The van der Waals surface area contributed by atoms with E-state index in [1.165, 1.54) is 0 Å². The van der Waals surface area contributed by atoms with Gasteiger partial charge in [0, 0.05) is 37.8 Å². The van der Waals surface area contributed by atoms with E-state index >= 15 is 0 Å². The average molecular weight is 215 g/mol. The summed E-state index contributed by atoms with van der Waals surface area (Å²) in [6, 6.07) is 0. The van der Waals surface area contributed by atoms with E-state index in [0.717, 1.165) is 0 Å². The molecule has 2 nitrogen and oxygen atoms in total. The van der Waals surface area contributed by atoms with Crippen LogP contribution in [-0.2, 0) is 46.8 Å². The van der Waals surface area contributed by atoms with Crippen molar-refractivity contribution in [1.82, 2.24) is 0 Å². The van der Waals surface area contributed by atoms with Gasteiger partial charge in [0.2, 0.25) is 0 Å². The fourth-order valence-electron chi connectivity index (χ4n) is 0. The molecule has 0 heterocycles. The van der Waals surface area contributed by atoms with Crippen LogP contribution in [-0.4, -0.2) is 9.29 Å². The molecular formula is CoMoO2Si. The molecule has 0 unspecified atom stereocenters. The van der Waals surface area contributed by atoms with Crippen molar-refractivity contribution in [3.05, 3.63) is 0 Å². The van der Waals surface area contributed by atoms with Crippen LogP contribution in [0.4, 0.5) is 0 Å². The Hall–Kier alpha value is 1.01. The summed E-state index contributed by atoms with van der Waals surface area (Å²) in [5.41, 5.74) is 0. The monoisotopic (exact) mass is 217 g/mol. The smallest absolute Gasteiger partial charge is 0.274 e. The van der Waals surface area contributed by atoms with Gasteiger partial charge in [0.25, 0.3) is 0 Å². The molecule has 0 aromatic carbocycles. The zero-order chi connectivity index (χ0) is 2.71. The predicted octanol–water partition coefficient (Wildman–Crippen LogP) is -0.623. The third-order valence-corrected chi connectivity index (χ3v) is 0. The van der Waals surface area contributed by atoms with Gasteiger partial charge in [-0.1, -0.05) is 0 Å². The molecule has 0 aliphatic carbocycles. The molecule has 0 atom stereocenters. The van der Waals surface area contributed by atoms with Crippen molar-refractivity contribution >= 4 is 9.29 Å². The van der Waals surface area contributed by atoms with E-state index in [1.54, 1.807) is 0 Å². The van der Waals surface area contributed by atoms with Crippen LogP contribution in [0.3, 0.4) is 0 Å². The summed E-state index contributed by atoms with van der Waals surface area (Å²) in [5.74, 6) is 0. The van der Waals surface area contributed by atoms with Crippen LogP contribution in [0.25, 0.3) is 0 Å². The normalized spacial score (nSPS) is 1.60. The van der Waals surface area contributed by atoms with Crippen molar-refractivity contribution in [3.8, 4) is 0 Å². The minimum absolute atomic E-state index is 0.